The molecule has 0 aromatic heterocycles. The first-order chi connectivity index (χ1) is 13.9. The molecule has 1 aliphatic rings. The highest BCUT2D eigenvalue weighted by Crippen LogP contribution is 2.31. The smallest absolute Gasteiger partial charge is 0.184 e. The normalized spacial score (nSPS) is 14.2. The molecule has 3 N–H and O–H groups in total. The fourth-order valence-corrected chi connectivity index (χ4v) is 3.17. The number of hydrazone groups is 1. The number of nitrogens with zero attached hydrogens (tertiary/aromatic N) is 2. The molecule has 29 heavy (non-hydrogen) atoms. The maximum absolute atomic E-state index is 14.7. The third-order valence-electron chi connectivity index (χ3n) is 4.53. The fourth-order valence-electron chi connectivity index (χ4n) is 3.12. The van der Waals surface area contributed by atoms with E-state index in [1.54, 1.807) is 6.07 Å². The molecule has 3 rings (SSSR count). The van der Waals surface area contributed by atoms with Gasteiger partial charge in [-0.05, 0) is 55.2 Å². The molecule has 1 fully saturated rings. The molecular formula is C20H21F3N4OS. The van der Waals surface area contributed by atoms with Gasteiger partial charge in [0, 0.05) is 24.7 Å². The summed E-state index contributed by atoms with van der Waals surface area (Å²) in [6.45, 7) is 1.50. The molecule has 1 heterocycles. The number of rotatable bonds is 6. The Labute approximate surface area is 172 Å². The highest BCUT2D eigenvalue weighted by atomic mass is 32.1. The minimum atomic E-state index is -0.957. The Bertz CT molecular complexity index is 917. The summed E-state index contributed by atoms with van der Waals surface area (Å²) >= 11 is 4.69. The number of nitrogens with one attached hydrogen (secondary N) is 1. The van der Waals surface area contributed by atoms with Crippen molar-refractivity contribution in [3.63, 3.8) is 0 Å². The Morgan fingerprint density at radius 3 is 2.55 bits per heavy atom. The van der Waals surface area contributed by atoms with Crippen molar-refractivity contribution in [2.24, 2.45) is 10.8 Å². The number of ether oxygens (including phenoxy) is 1. The Balaban J connectivity index is 1.87. The van der Waals surface area contributed by atoms with E-state index in [2.05, 4.69) is 22.7 Å². The van der Waals surface area contributed by atoms with E-state index in [4.69, 9.17) is 10.5 Å². The van der Waals surface area contributed by atoms with Crippen LogP contribution in [0.5, 0.6) is 5.75 Å². The van der Waals surface area contributed by atoms with E-state index in [9.17, 15) is 13.2 Å². The predicted molar refractivity (Wildman–Crippen MR) is 111 cm³/mol. The molecule has 5 nitrogen and oxygen atoms in total. The average Bonchev–Trinajstić information content (AvgIpc) is 2.70. The Kier molecular flexibility index (Phi) is 6.92. The highest BCUT2D eigenvalue weighted by Gasteiger charge is 2.18. The zero-order valence-electron chi connectivity index (χ0n) is 15.6. The van der Waals surface area contributed by atoms with Crippen molar-refractivity contribution in [1.29, 1.82) is 0 Å². The van der Waals surface area contributed by atoms with Gasteiger partial charge < -0.3 is 15.4 Å². The van der Waals surface area contributed by atoms with Gasteiger partial charge in [0.25, 0.3) is 0 Å². The average molecular weight is 422 g/mol. The molecule has 0 bridgehead atoms. The van der Waals surface area contributed by atoms with Crippen molar-refractivity contribution < 1.29 is 17.9 Å². The summed E-state index contributed by atoms with van der Waals surface area (Å²) in [5.74, 6) is -1.93. The van der Waals surface area contributed by atoms with Crippen LogP contribution in [-0.4, -0.2) is 24.4 Å². The van der Waals surface area contributed by atoms with Gasteiger partial charge in [-0.1, -0.05) is 6.07 Å². The number of nitrogens with two attached hydrogens (primary N) is 1. The van der Waals surface area contributed by atoms with Crippen LogP contribution in [-0.2, 0) is 6.61 Å². The van der Waals surface area contributed by atoms with Crippen LogP contribution < -0.4 is 20.8 Å². The molecule has 0 unspecified atom stereocenters. The van der Waals surface area contributed by atoms with E-state index < -0.39 is 17.5 Å². The fraction of sp³-hybridized carbons (Fsp3) is 0.300. The quantitative estimate of drug-likeness (QED) is 0.421. The van der Waals surface area contributed by atoms with Crippen LogP contribution in [0.3, 0.4) is 0 Å². The largest absolute Gasteiger partial charge is 0.488 e. The Morgan fingerprint density at radius 1 is 1.10 bits per heavy atom. The lowest BCUT2D eigenvalue weighted by Gasteiger charge is -2.29. The minimum absolute atomic E-state index is 0.0220. The molecular weight excluding hydrogens is 401 g/mol. The first-order valence-electron chi connectivity index (χ1n) is 9.18. The number of hydrogen-bond donors (Lipinski definition) is 2. The Hall–Kier alpha value is -2.81. The van der Waals surface area contributed by atoms with Crippen LogP contribution >= 0.6 is 12.2 Å². The molecule has 0 saturated carbocycles. The zero-order valence-corrected chi connectivity index (χ0v) is 16.4. The molecule has 154 valence electrons. The van der Waals surface area contributed by atoms with Gasteiger partial charge >= 0.3 is 0 Å². The number of piperidine rings is 1. The summed E-state index contributed by atoms with van der Waals surface area (Å²) < 4.78 is 47.1. The molecule has 0 radical (unpaired) electrons. The third-order valence-corrected chi connectivity index (χ3v) is 4.62. The van der Waals surface area contributed by atoms with Gasteiger partial charge in [0.05, 0.1) is 11.9 Å². The number of anilines is 1. The third kappa shape index (κ3) is 5.60. The summed E-state index contributed by atoms with van der Waals surface area (Å²) in [5, 5.41) is 3.82. The van der Waals surface area contributed by atoms with Gasteiger partial charge in [-0.15, -0.1) is 0 Å². The van der Waals surface area contributed by atoms with Crippen LogP contribution in [0, 0.1) is 17.5 Å². The Morgan fingerprint density at radius 2 is 1.86 bits per heavy atom. The van der Waals surface area contributed by atoms with Crippen molar-refractivity contribution in [3.8, 4) is 5.75 Å². The SMILES string of the molecule is NC(=S)NN=Cc1cc(F)c(N2CCCCC2)cc1OCc1ccc(F)c(F)c1. The van der Waals surface area contributed by atoms with Crippen molar-refractivity contribution in [1.82, 2.24) is 5.43 Å². The first-order valence-corrected chi connectivity index (χ1v) is 9.58. The van der Waals surface area contributed by atoms with Gasteiger partial charge in [0.15, 0.2) is 16.7 Å². The molecule has 1 aliphatic heterocycles. The summed E-state index contributed by atoms with van der Waals surface area (Å²) in [6, 6.07) is 6.44. The first kappa shape index (κ1) is 20.9. The predicted octanol–water partition coefficient (Wildman–Crippen LogP) is 3.84. The number of thiocarbonyl (C=S) groups is 1. The van der Waals surface area contributed by atoms with E-state index in [-0.39, 0.29) is 11.7 Å². The van der Waals surface area contributed by atoms with Crippen LogP contribution in [0.25, 0.3) is 0 Å². The summed E-state index contributed by atoms with van der Waals surface area (Å²) in [5.41, 5.74) is 8.97. The summed E-state index contributed by atoms with van der Waals surface area (Å²) in [4.78, 5) is 1.97. The monoisotopic (exact) mass is 422 g/mol. The van der Waals surface area contributed by atoms with Crippen molar-refractivity contribution in [2.45, 2.75) is 25.9 Å². The van der Waals surface area contributed by atoms with Gasteiger partial charge in [-0.25, -0.2) is 13.2 Å². The van der Waals surface area contributed by atoms with E-state index >= 15 is 0 Å². The number of hydrogen-bond acceptors (Lipinski definition) is 4. The molecule has 0 spiro atoms. The van der Waals surface area contributed by atoms with Crippen LogP contribution in [0.1, 0.15) is 30.4 Å². The second-order valence-electron chi connectivity index (χ2n) is 6.66. The van der Waals surface area contributed by atoms with Crippen molar-refractivity contribution in [2.75, 3.05) is 18.0 Å². The molecule has 0 aliphatic carbocycles. The summed E-state index contributed by atoms with van der Waals surface area (Å²) in [7, 11) is 0. The zero-order chi connectivity index (χ0) is 20.8. The van der Waals surface area contributed by atoms with E-state index in [0.717, 1.165) is 44.5 Å². The number of halogens is 3. The van der Waals surface area contributed by atoms with E-state index in [1.807, 2.05) is 4.90 Å². The molecule has 9 heteroatoms. The molecule has 0 atom stereocenters. The molecule has 1 saturated heterocycles. The lowest BCUT2D eigenvalue weighted by Crippen LogP contribution is -2.30. The van der Waals surface area contributed by atoms with Gasteiger partial charge in [0.1, 0.15) is 18.2 Å². The van der Waals surface area contributed by atoms with Gasteiger partial charge in [-0.3, -0.25) is 5.43 Å². The van der Waals surface area contributed by atoms with Gasteiger partial charge in [0.2, 0.25) is 0 Å². The molecule has 2 aromatic rings. The lowest BCUT2D eigenvalue weighted by atomic mass is 10.1. The van der Waals surface area contributed by atoms with Crippen LogP contribution in [0.2, 0.25) is 0 Å². The number of benzene rings is 2. The maximum atomic E-state index is 14.7. The second kappa shape index (κ2) is 9.60. The molecule has 2 aromatic carbocycles. The highest BCUT2D eigenvalue weighted by molar-refractivity contribution is 7.80. The van der Waals surface area contributed by atoms with Gasteiger partial charge in [-0.2, -0.15) is 5.10 Å². The second-order valence-corrected chi connectivity index (χ2v) is 7.10. The van der Waals surface area contributed by atoms with Crippen molar-refractivity contribution >= 4 is 29.2 Å². The maximum Gasteiger partial charge on any atom is 0.184 e. The van der Waals surface area contributed by atoms with Crippen molar-refractivity contribution in [3.05, 3.63) is 58.9 Å². The van der Waals surface area contributed by atoms with E-state index in [0.29, 0.717) is 22.6 Å². The van der Waals surface area contributed by atoms with Crippen LogP contribution in [0.4, 0.5) is 18.9 Å². The minimum Gasteiger partial charge on any atom is -0.488 e. The molecule has 0 amide bonds. The lowest BCUT2D eigenvalue weighted by molar-refractivity contribution is 0.304. The van der Waals surface area contributed by atoms with E-state index in [1.165, 1.54) is 18.3 Å². The summed E-state index contributed by atoms with van der Waals surface area (Å²) in [6.07, 6.45) is 4.44. The topological polar surface area (TPSA) is 62.9 Å². The van der Waals surface area contributed by atoms with Crippen LogP contribution in [0.15, 0.2) is 35.4 Å². The standard InChI is InChI=1S/C20H21F3N4OS/c21-15-5-4-13(8-16(15)22)12-28-19-10-18(27-6-2-1-3-7-27)17(23)9-14(19)11-25-26-20(24)29/h4-5,8-11H,1-3,6-7,12H2,(H3,24,26,29).